The van der Waals surface area contributed by atoms with Crippen molar-refractivity contribution in [3.05, 3.63) is 60.7 Å². The molecular formula is C20H17F3N4O. The molecule has 2 aromatic carbocycles. The monoisotopic (exact) mass is 386 g/mol. The Morgan fingerprint density at radius 2 is 1.86 bits per heavy atom. The van der Waals surface area contributed by atoms with Crippen molar-refractivity contribution in [3.63, 3.8) is 0 Å². The summed E-state index contributed by atoms with van der Waals surface area (Å²) in [6, 6.07) is 10.2. The second-order valence-electron chi connectivity index (χ2n) is 6.75. The lowest BCUT2D eigenvalue weighted by Crippen LogP contribution is -2.50. The van der Waals surface area contributed by atoms with Gasteiger partial charge in [-0.3, -0.25) is 9.48 Å². The number of benzene rings is 2. The number of nitrogens with zero attached hydrogens (tertiary/aromatic N) is 3. The summed E-state index contributed by atoms with van der Waals surface area (Å²) in [5.41, 5.74) is 7.69. The van der Waals surface area contributed by atoms with E-state index in [1.54, 1.807) is 17.0 Å². The number of fused-ring (bicyclic) bond motifs is 1. The summed E-state index contributed by atoms with van der Waals surface area (Å²) in [5.74, 6) is -0.139. The van der Waals surface area contributed by atoms with Crippen molar-refractivity contribution in [1.29, 1.82) is 0 Å². The van der Waals surface area contributed by atoms with E-state index in [9.17, 15) is 18.0 Å². The molecule has 1 saturated heterocycles. The van der Waals surface area contributed by atoms with Gasteiger partial charge in [-0.15, -0.1) is 0 Å². The largest absolute Gasteiger partial charge is 0.416 e. The van der Waals surface area contributed by atoms with Crippen molar-refractivity contribution < 1.29 is 18.0 Å². The van der Waals surface area contributed by atoms with Crippen molar-refractivity contribution in [3.8, 4) is 11.3 Å². The van der Waals surface area contributed by atoms with Crippen LogP contribution in [-0.4, -0.2) is 33.7 Å². The van der Waals surface area contributed by atoms with E-state index in [0.29, 0.717) is 30.0 Å². The van der Waals surface area contributed by atoms with Gasteiger partial charge in [-0.2, -0.15) is 18.3 Å². The zero-order valence-corrected chi connectivity index (χ0v) is 14.8. The van der Waals surface area contributed by atoms with Gasteiger partial charge in [-0.25, -0.2) is 0 Å². The first-order chi connectivity index (χ1) is 13.3. The Balaban J connectivity index is 1.74. The maximum atomic E-state index is 12.8. The van der Waals surface area contributed by atoms with Crippen LogP contribution < -0.4 is 5.73 Å². The van der Waals surface area contributed by atoms with Crippen molar-refractivity contribution in [2.45, 2.75) is 12.2 Å². The van der Waals surface area contributed by atoms with Crippen LogP contribution in [0.5, 0.6) is 0 Å². The summed E-state index contributed by atoms with van der Waals surface area (Å²) in [6.45, 7) is 4.48. The summed E-state index contributed by atoms with van der Waals surface area (Å²) in [6.07, 6.45) is -3.12. The van der Waals surface area contributed by atoms with Gasteiger partial charge in [0.15, 0.2) is 0 Å². The normalized spacial score (nSPS) is 14.9. The third-order valence-corrected chi connectivity index (χ3v) is 4.91. The molecular weight excluding hydrogens is 369 g/mol. The molecule has 2 N–H and O–H groups in total. The summed E-state index contributed by atoms with van der Waals surface area (Å²) in [5, 5.41) is 5.41. The van der Waals surface area contributed by atoms with E-state index in [2.05, 4.69) is 11.7 Å². The molecule has 4 rings (SSSR count). The standard InChI is InChI=1S/C20H17F3N4O/c1-2-18(28)26-10-15(11-26)27-17-8-7-14(24)9-16(17)19(25-27)12-3-5-13(6-4-12)20(21,22)23/h2-9,15H,1,10-11,24H2. The first kappa shape index (κ1) is 18.1. The third-order valence-electron chi connectivity index (χ3n) is 4.91. The number of aromatic nitrogens is 2. The molecule has 3 aromatic rings. The van der Waals surface area contributed by atoms with E-state index in [1.165, 1.54) is 18.2 Å². The molecule has 1 aliphatic rings. The molecule has 0 saturated carbocycles. The molecule has 1 fully saturated rings. The van der Waals surface area contributed by atoms with E-state index in [1.807, 2.05) is 10.7 Å². The number of nitrogen functional groups attached to an aromatic ring is 1. The second-order valence-corrected chi connectivity index (χ2v) is 6.75. The van der Waals surface area contributed by atoms with E-state index in [0.717, 1.165) is 23.0 Å². The Morgan fingerprint density at radius 1 is 1.18 bits per heavy atom. The molecule has 1 amide bonds. The van der Waals surface area contributed by atoms with Gasteiger partial charge >= 0.3 is 6.18 Å². The summed E-state index contributed by atoms with van der Waals surface area (Å²) >= 11 is 0. The number of carbonyl (C=O) groups is 1. The average molecular weight is 386 g/mol. The molecule has 1 aromatic heterocycles. The van der Waals surface area contributed by atoms with Gasteiger partial charge in [0.25, 0.3) is 0 Å². The van der Waals surface area contributed by atoms with Crippen molar-refractivity contribution in [1.82, 2.24) is 14.7 Å². The molecule has 0 atom stereocenters. The van der Waals surface area contributed by atoms with E-state index >= 15 is 0 Å². The number of nitrogens with two attached hydrogens (primary N) is 1. The van der Waals surface area contributed by atoms with Crippen LogP contribution in [0.4, 0.5) is 18.9 Å². The van der Waals surface area contributed by atoms with Gasteiger partial charge in [0, 0.05) is 29.7 Å². The molecule has 1 aliphatic heterocycles. The van der Waals surface area contributed by atoms with Crippen molar-refractivity contribution in [2.24, 2.45) is 0 Å². The fourth-order valence-electron chi connectivity index (χ4n) is 3.39. The highest BCUT2D eigenvalue weighted by Gasteiger charge is 2.33. The fraction of sp³-hybridized carbons (Fsp3) is 0.200. The molecule has 5 nitrogen and oxygen atoms in total. The van der Waals surface area contributed by atoms with Crippen LogP contribution in [0, 0.1) is 0 Å². The minimum absolute atomic E-state index is 0.0155. The number of hydrogen-bond acceptors (Lipinski definition) is 3. The Bertz CT molecular complexity index is 1060. The van der Waals surface area contributed by atoms with Gasteiger partial charge in [0.2, 0.25) is 5.91 Å². The van der Waals surface area contributed by atoms with Gasteiger partial charge < -0.3 is 10.6 Å². The Kier molecular flexibility index (Phi) is 4.14. The van der Waals surface area contributed by atoms with Crippen LogP contribution in [0.15, 0.2) is 55.1 Å². The minimum atomic E-state index is -4.39. The predicted molar refractivity (Wildman–Crippen MR) is 100 cm³/mol. The van der Waals surface area contributed by atoms with Crippen molar-refractivity contribution >= 4 is 22.5 Å². The molecule has 144 valence electrons. The maximum absolute atomic E-state index is 12.8. The second kappa shape index (κ2) is 6.40. The number of alkyl halides is 3. The SMILES string of the molecule is C=CC(=O)N1CC(n2nc(-c3ccc(C(F)(F)F)cc3)c3cc(N)ccc32)C1. The zero-order valence-electron chi connectivity index (χ0n) is 14.8. The number of carbonyl (C=O) groups excluding carboxylic acids is 1. The van der Waals surface area contributed by atoms with Gasteiger partial charge in [0.05, 0.1) is 17.1 Å². The van der Waals surface area contributed by atoms with Crippen LogP contribution in [-0.2, 0) is 11.0 Å². The average Bonchev–Trinajstić information content (AvgIpc) is 2.98. The van der Waals surface area contributed by atoms with E-state index in [-0.39, 0.29) is 11.9 Å². The summed E-state index contributed by atoms with van der Waals surface area (Å²) in [7, 11) is 0. The lowest BCUT2D eigenvalue weighted by atomic mass is 10.0. The number of anilines is 1. The highest BCUT2D eigenvalue weighted by Crippen LogP contribution is 2.35. The fourth-order valence-corrected chi connectivity index (χ4v) is 3.39. The van der Waals surface area contributed by atoms with Gasteiger partial charge in [-0.05, 0) is 36.4 Å². The summed E-state index contributed by atoms with van der Waals surface area (Å²) in [4.78, 5) is 13.3. The van der Waals surface area contributed by atoms with Gasteiger partial charge in [-0.1, -0.05) is 18.7 Å². The lowest BCUT2D eigenvalue weighted by Gasteiger charge is -2.38. The lowest BCUT2D eigenvalue weighted by molar-refractivity contribution is -0.137. The molecule has 0 spiro atoms. The first-order valence-electron chi connectivity index (χ1n) is 8.64. The van der Waals surface area contributed by atoms with Gasteiger partial charge in [0.1, 0.15) is 5.69 Å². The molecule has 0 bridgehead atoms. The maximum Gasteiger partial charge on any atom is 0.416 e. The number of amides is 1. The van der Waals surface area contributed by atoms with E-state index in [4.69, 9.17) is 5.73 Å². The molecule has 28 heavy (non-hydrogen) atoms. The zero-order chi connectivity index (χ0) is 20.1. The van der Waals surface area contributed by atoms with Crippen LogP contribution in [0.3, 0.4) is 0 Å². The molecule has 0 aliphatic carbocycles. The molecule has 0 radical (unpaired) electrons. The van der Waals surface area contributed by atoms with Crippen LogP contribution in [0.2, 0.25) is 0 Å². The van der Waals surface area contributed by atoms with Crippen LogP contribution in [0.1, 0.15) is 11.6 Å². The third kappa shape index (κ3) is 3.00. The van der Waals surface area contributed by atoms with Crippen molar-refractivity contribution in [2.75, 3.05) is 18.8 Å². The number of hydrogen-bond donors (Lipinski definition) is 1. The highest BCUT2D eigenvalue weighted by molar-refractivity contribution is 5.95. The number of halogens is 3. The Labute approximate surface area is 158 Å². The smallest absolute Gasteiger partial charge is 0.399 e. The molecule has 8 heteroatoms. The quantitative estimate of drug-likeness (QED) is 0.549. The van der Waals surface area contributed by atoms with E-state index < -0.39 is 11.7 Å². The first-order valence-corrected chi connectivity index (χ1v) is 8.64. The number of rotatable bonds is 3. The topological polar surface area (TPSA) is 64.2 Å². The minimum Gasteiger partial charge on any atom is -0.399 e. The number of likely N-dealkylation sites (tertiary alicyclic amines) is 1. The molecule has 2 heterocycles. The summed E-state index contributed by atoms with van der Waals surface area (Å²) < 4.78 is 40.4. The van der Waals surface area contributed by atoms with Crippen LogP contribution in [0.25, 0.3) is 22.2 Å². The highest BCUT2D eigenvalue weighted by atomic mass is 19.4. The predicted octanol–water partition coefficient (Wildman–Crippen LogP) is 3.87. The molecule has 0 unspecified atom stereocenters. The van der Waals surface area contributed by atoms with Crippen LogP contribution >= 0.6 is 0 Å². The Morgan fingerprint density at radius 3 is 2.46 bits per heavy atom. The Hall–Kier alpha value is -3.29.